The Hall–Kier alpha value is -1.17. The summed E-state index contributed by atoms with van der Waals surface area (Å²) in [6.45, 7) is 5.72. The van der Waals surface area contributed by atoms with Crippen LogP contribution in [0.1, 0.15) is 37.7 Å². The van der Waals surface area contributed by atoms with Crippen LogP contribution in [0.2, 0.25) is 0 Å². The fourth-order valence-electron chi connectivity index (χ4n) is 4.26. The Kier molecular flexibility index (Phi) is 7.86. The van der Waals surface area contributed by atoms with Gasteiger partial charge in [-0.25, -0.2) is 4.39 Å². The zero-order chi connectivity index (χ0) is 17.8. The number of benzene rings is 1. The van der Waals surface area contributed by atoms with Crippen molar-refractivity contribution in [1.82, 2.24) is 10.2 Å². The second-order valence-electron chi connectivity index (χ2n) is 7.45. The van der Waals surface area contributed by atoms with Crippen molar-refractivity contribution in [3.8, 4) is 0 Å². The molecule has 26 heavy (non-hydrogen) atoms. The maximum absolute atomic E-state index is 13.4. The van der Waals surface area contributed by atoms with E-state index in [9.17, 15) is 9.18 Å². The van der Waals surface area contributed by atoms with Crippen LogP contribution in [0.15, 0.2) is 18.2 Å². The number of amides is 1. The molecule has 0 bridgehead atoms. The SMILES string of the molecule is CNCCC1CCN(C2CCCN(c3ccc(F)cc3C)C2=O)CC1.Cl. The molecule has 1 aromatic rings. The second kappa shape index (κ2) is 9.67. The van der Waals surface area contributed by atoms with Crippen LogP contribution in [-0.2, 0) is 4.79 Å². The van der Waals surface area contributed by atoms with Gasteiger partial charge in [0.05, 0.1) is 6.04 Å². The third kappa shape index (κ3) is 4.76. The van der Waals surface area contributed by atoms with Crippen LogP contribution in [-0.4, -0.2) is 50.1 Å². The van der Waals surface area contributed by atoms with E-state index in [4.69, 9.17) is 0 Å². The van der Waals surface area contributed by atoms with E-state index in [0.717, 1.165) is 56.2 Å². The first-order valence-corrected chi connectivity index (χ1v) is 9.56. The first-order chi connectivity index (χ1) is 12.1. The highest BCUT2D eigenvalue weighted by Crippen LogP contribution is 2.29. The Morgan fingerprint density at radius 1 is 1.19 bits per heavy atom. The summed E-state index contributed by atoms with van der Waals surface area (Å²) in [5, 5.41) is 3.23. The lowest BCUT2D eigenvalue weighted by Crippen LogP contribution is -2.54. The standard InChI is InChI=1S/C20H30FN3O.ClH/c1-15-14-17(21)5-6-18(15)24-11-3-4-19(20(24)25)23-12-8-16(9-13-23)7-10-22-2;/h5-6,14,16,19,22H,3-4,7-13H2,1-2H3;1H. The average Bonchev–Trinajstić information content (AvgIpc) is 2.61. The molecule has 0 spiro atoms. The Labute approximate surface area is 162 Å². The van der Waals surface area contributed by atoms with Crippen LogP contribution in [0, 0.1) is 18.7 Å². The fourth-order valence-corrected chi connectivity index (χ4v) is 4.26. The zero-order valence-electron chi connectivity index (χ0n) is 15.8. The smallest absolute Gasteiger partial charge is 0.244 e. The third-order valence-corrected chi connectivity index (χ3v) is 5.75. The van der Waals surface area contributed by atoms with Gasteiger partial charge in [0.1, 0.15) is 5.82 Å². The topological polar surface area (TPSA) is 35.6 Å². The van der Waals surface area contributed by atoms with E-state index in [1.54, 1.807) is 6.07 Å². The Bertz CT molecular complexity index is 605. The van der Waals surface area contributed by atoms with Gasteiger partial charge in [0.25, 0.3) is 0 Å². The predicted octanol–water partition coefficient (Wildman–Crippen LogP) is 3.37. The maximum atomic E-state index is 13.4. The predicted molar refractivity (Wildman–Crippen MR) is 107 cm³/mol. The molecule has 146 valence electrons. The van der Waals surface area contributed by atoms with Gasteiger partial charge in [-0.05, 0) is 95.4 Å². The summed E-state index contributed by atoms with van der Waals surface area (Å²) in [5.74, 6) is 0.721. The minimum Gasteiger partial charge on any atom is -0.320 e. The molecule has 2 aliphatic heterocycles. The summed E-state index contributed by atoms with van der Waals surface area (Å²) < 4.78 is 13.4. The maximum Gasteiger partial charge on any atom is 0.244 e. The van der Waals surface area contributed by atoms with Crippen molar-refractivity contribution in [1.29, 1.82) is 0 Å². The molecular weight excluding hydrogens is 353 g/mol. The second-order valence-corrected chi connectivity index (χ2v) is 7.45. The number of carbonyl (C=O) groups is 1. The number of carbonyl (C=O) groups excluding carboxylic acids is 1. The van der Waals surface area contributed by atoms with Crippen molar-refractivity contribution >= 4 is 24.0 Å². The lowest BCUT2D eigenvalue weighted by atomic mass is 9.91. The number of aryl methyl sites for hydroxylation is 1. The number of rotatable bonds is 5. The molecule has 0 saturated carbocycles. The summed E-state index contributed by atoms with van der Waals surface area (Å²) >= 11 is 0. The average molecular weight is 384 g/mol. The van der Waals surface area contributed by atoms with Crippen LogP contribution in [0.4, 0.5) is 10.1 Å². The fraction of sp³-hybridized carbons (Fsp3) is 0.650. The van der Waals surface area contributed by atoms with Crippen molar-refractivity contribution in [3.63, 3.8) is 0 Å². The van der Waals surface area contributed by atoms with Crippen LogP contribution >= 0.6 is 12.4 Å². The number of hydrogen-bond acceptors (Lipinski definition) is 3. The van der Waals surface area contributed by atoms with Gasteiger partial charge in [0.15, 0.2) is 0 Å². The van der Waals surface area contributed by atoms with Crippen molar-refractivity contribution < 1.29 is 9.18 Å². The van der Waals surface area contributed by atoms with Crippen molar-refractivity contribution in [2.75, 3.05) is 38.1 Å². The van der Waals surface area contributed by atoms with Gasteiger partial charge < -0.3 is 10.2 Å². The molecule has 2 fully saturated rings. The van der Waals surface area contributed by atoms with Crippen LogP contribution < -0.4 is 10.2 Å². The van der Waals surface area contributed by atoms with Gasteiger partial charge in [-0.2, -0.15) is 0 Å². The van der Waals surface area contributed by atoms with E-state index in [0.29, 0.717) is 0 Å². The first kappa shape index (κ1) is 21.1. The summed E-state index contributed by atoms with van der Waals surface area (Å²) in [7, 11) is 2.00. The van der Waals surface area contributed by atoms with Gasteiger partial charge in [0, 0.05) is 12.2 Å². The van der Waals surface area contributed by atoms with E-state index < -0.39 is 0 Å². The highest BCUT2D eigenvalue weighted by atomic mass is 35.5. The molecule has 1 unspecified atom stereocenters. The number of nitrogens with one attached hydrogen (secondary N) is 1. The van der Waals surface area contributed by atoms with Gasteiger partial charge in [-0.15, -0.1) is 12.4 Å². The number of piperidine rings is 2. The van der Waals surface area contributed by atoms with Crippen molar-refractivity contribution in [3.05, 3.63) is 29.6 Å². The number of halogens is 2. The molecule has 2 saturated heterocycles. The van der Waals surface area contributed by atoms with Gasteiger partial charge >= 0.3 is 0 Å². The number of anilines is 1. The molecule has 0 radical (unpaired) electrons. The molecule has 1 amide bonds. The van der Waals surface area contributed by atoms with Gasteiger partial charge in [-0.3, -0.25) is 9.69 Å². The normalized spacial score (nSPS) is 22.3. The molecule has 1 N–H and O–H groups in total. The van der Waals surface area contributed by atoms with Crippen molar-refractivity contribution in [2.24, 2.45) is 5.92 Å². The number of hydrogen-bond donors (Lipinski definition) is 1. The number of likely N-dealkylation sites (tertiary alicyclic amines) is 1. The van der Waals surface area contributed by atoms with Crippen LogP contribution in [0.5, 0.6) is 0 Å². The van der Waals surface area contributed by atoms with Crippen LogP contribution in [0.3, 0.4) is 0 Å². The Morgan fingerprint density at radius 2 is 1.92 bits per heavy atom. The summed E-state index contributed by atoms with van der Waals surface area (Å²) in [5.41, 5.74) is 1.69. The zero-order valence-corrected chi connectivity index (χ0v) is 16.7. The van der Waals surface area contributed by atoms with E-state index in [-0.39, 0.29) is 30.2 Å². The minimum absolute atomic E-state index is 0. The largest absolute Gasteiger partial charge is 0.320 e. The molecule has 0 aromatic heterocycles. The molecule has 6 heteroatoms. The summed E-state index contributed by atoms with van der Waals surface area (Å²) in [6.07, 6.45) is 5.54. The monoisotopic (exact) mass is 383 g/mol. The van der Waals surface area contributed by atoms with E-state index in [1.807, 2.05) is 18.9 Å². The molecule has 2 aliphatic rings. The Morgan fingerprint density at radius 3 is 2.58 bits per heavy atom. The number of nitrogens with zero attached hydrogens (tertiary/aromatic N) is 2. The van der Waals surface area contributed by atoms with Gasteiger partial charge in [0.2, 0.25) is 5.91 Å². The van der Waals surface area contributed by atoms with E-state index >= 15 is 0 Å². The molecule has 0 aliphatic carbocycles. The third-order valence-electron chi connectivity index (χ3n) is 5.75. The lowest BCUT2D eigenvalue weighted by molar-refractivity contribution is -0.126. The van der Waals surface area contributed by atoms with Gasteiger partial charge in [-0.1, -0.05) is 0 Å². The quantitative estimate of drug-likeness (QED) is 0.846. The molecule has 4 nitrogen and oxygen atoms in total. The van der Waals surface area contributed by atoms with Crippen molar-refractivity contribution in [2.45, 2.75) is 45.1 Å². The molecule has 3 rings (SSSR count). The molecule has 1 aromatic carbocycles. The Balaban J connectivity index is 0.00000243. The van der Waals surface area contributed by atoms with E-state index in [1.165, 1.54) is 31.4 Å². The highest BCUT2D eigenvalue weighted by molar-refractivity contribution is 5.98. The molecule has 2 heterocycles. The summed E-state index contributed by atoms with van der Waals surface area (Å²) in [4.78, 5) is 17.3. The molecule has 1 atom stereocenters. The highest BCUT2D eigenvalue weighted by Gasteiger charge is 2.35. The lowest BCUT2D eigenvalue weighted by Gasteiger charge is -2.42. The summed E-state index contributed by atoms with van der Waals surface area (Å²) in [6, 6.07) is 4.70. The minimum atomic E-state index is -0.245. The van der Waals surface area contributed by atoms with E-state index in [2.05, 4.69) is 10.2 Å². The first-order valence-electron chi connectivity index (χ1n) is 9.56. The van der Waals surface area contributed by atoms with Crippen LogP contribution in [0.25, 0.3) is 0 Å². The molecular formula is C20H31ClFN3O.